The van der Waals surface area contributed by atoms with E-state index in [0.29, 0.717) is 13.0 Å². The Kier molecular flexibility index (Phi) is 4.39. The first-order valence-corrected chi connectivity index (χ1v) is 6.14. The molecule has 0 radical (unpaired) electrons. The standard InChI is InChI=1S/C12H20N2O5/c1-7(10(16)17)14-6-5-8(9(14)15)13-11(18)19-12(2,3)4/h7-8H,5-6H2,1-4H3,(H,13,18)(H,16,17). The second-order valence-electron chi connectivity index (χ2n) is 5.53. The molecule has 0 saturated carbocycles. The van der Waals surface area contributed by atoms with Gasteiger partial charge in [-0.25, -0.2) is 9.59 Å². The number of hydrogen-bond acceptors (Lipinski definition) is 4. The first-order chi connectivity index (χ1) is 8.61. The summed E-state index contributed by atoms with van der Waals surface area (Å²) in [5.74, 6) is -1.45. The maximum atomic E-state index is 11.9. The average Bonchev–Trinajstić information content (AvgIpc) is 2.56. The van der Waals surface area contributed by atoms with Crippen molar-refractivity contribution in [1.29, 1.82) is 0 Å². The van der Waals surface area contributed by atoms with E-state index in [1.54, 1.807) is 20.8 Å². The van der Waals surface area contributed by atoms with Gasteiger partial charge >= 0.3 is 12.1 Å². The largest absolute Gasteiger partial charge is 0.480 e. The van der Waals surface area contributed by atoms with Gasteiger partial charge in [-0.15, -0.1) is 0 Å². The number of carboxylic acids is 1. The topological polar surface area (TPSA) is 95.9 Å². The molecule has 0 aromatic heterocycles. The molecule has 1 heterocycles. The van der Waals surface area contributed by atoms with Crippen LogP contribution in [-0.2, 0) is 14.3 Å². The van der Waals surface area contributed by atoms with E-state index in [0.717, 1.165) is 0 Å². The molecule has 19 heavy (non-hydrogen) atoms. The quantitative estimate of drug-likeness (QED) is 0.783. The van der Waals surface area contributed by atoms with Crippen LogP contribution in [0.5, 0.6) is 0 Å². The minimum Gasteiger partial charge on any atom is -0.480 e. The van der Waals surface area contributed by atoms with E-state index in [2.05, 4.69) is 5.32 Å². The second-order valence-corrected chi connectivity index (χ2v) is 5.53. The van der Waals surface area contributed by atoms with Crippen LogP contribution in [0.15, 0.2) is 0 Å². The maximum absolute atomic E-state index is 11.9. The fourth-order valence-electron chi connectivity index (χ4n) is 1.80. The molecule has 0 aromatic carbocycles. The number of rotatable bonds is 3. The van der Waals surface area contributed by atoms with Crippen LogP contribution in [0.25, 0.3) is 0 Å². The predicted octanol–water partition coefficient (Wildman–Crippen LogP) is 0.585. The van der Waals surface area contributed by atoms with Crippen molar-refractivity contribution in [2.45, 2.75) is 51.8 Å². The van der Waals surface area contributed by atoms with Gasteiger partial charge in [-0.2, -0.15) is 0 Å². The highest BCUT2D eigenvalue weighted by atomic mass is 16.6. The number of carbonyl (C=O) groups is 3. The van der Waals surface area contributed by atoms with Crippen molar-refractivity contribution in [1.82, 2.24) is 10.2 Å². The fraction of sp³-hybridized carbons (Fsp3) is 0.750. The lowest BCUT2D eigenvalue weighted by molar-refractivity contribution is -0.147. The number of amides is 2. The lowest BCUT2D eigenvalue weighted by Gasteiger charge is -2.23. The predicted molar refractivity (Wildman–Crippen MR) is 66.6 cm³/mol. The van der Waals surface area contributed by atoms with Crippen LogP contribution >= 0.6 is 0 Å². The minimum atomic E-state index is -1.06. The molecule has 0 spiro atoms. The van der Waals surface area contributed by atoms with E-state index in [1.165, 1.54) is 11.8 Å². The summed E-state index contributed by atoms with van der Waals surface area (Å²) < 4.78 is 5.05. The number of likely N-dealkylation sites (tertiary alicyclic amines) is 1. The third-order valence-electron chi connectivity index (χ3n) is 2.76. The molecule has 1 aliphatic heterocycles. The Morgan fingerprint density at radius 2 is 2.05 bits per heavy atom. The minimum absolute atomic E-state index is 0.312. The summed E-state index contributed by atoms with van der Waals surface area (Å²) in [5.41, 5.74) is -0.639. The van der Waals surface area contributed by atoms with E-state index in [1.807, 2.05) is 0 Å². The van der Waals surface area contributed by atoms with Gasteiger partial charge < -0.3 is 20.1 Å². The van der Waals surface area contributed by atoms with Crippen LogP contribution in [0.2, 0.25) is 0 Å². The van der Waals surface area contributed by atoms with Gasteiger partial charge in [0.25, 0.3) is 0 Å². The molecule has 0 bridgehead atoms. The van der Waals surface area contributed by atoms with Gasteiger partial charge in [-0.1, -0.05) is 0 Å². The number of carbonyl (C=O) groups excluding carboxylic acids is 2. The summed E-state index contributed by atoms with van der Waals surface area (Å²) in [5, 5.41) is 11.3. The van der Waals surface area contributed by atoms with E-state index in [-0.39, 0.29) is 5.91 Å². The van der Waals surface area contributed by atoms with Crippen LogP contribution < -0.4 is 5.32 Å². The zero-order valence-electron chi connectivity index (χ0n) is 11.6. The number of nitrogens with one attached hydrogen (secondary N) is 1. The Hall–Kier alpha value is -1.79. The lowest BCUT2D eigenvalue weighted by atomic mass is 10.2. The van der Waals surface area contributed by atoms with E-state index >= 15 is 0 Å². The SMILES string of the molecule is CC(C(=O)O)N1CCC(NC(=O)OC(C)(C)C)C1=O. The van der Waals surface area contributed by atoms with Gasteiger partial charge in [-0.3, -0.25) is 4.79 Å². The number of carboxylic acid groups (broad SMARTS) is 1. The third-order valence-corrected chi connectivity index (χ3v) is 2.76. The molecule has 1 rings (SSSR count). The third kappa shape index (κ3) is 4.11. The second kappa shape index (κ2) is 5.46. The van der Waals surface area contributed by atoms with E-state index in [4.69, 9.17) is 9.84 Å². The number of nitrogens with zero attached hydrogens (tertiary/aromatic N) is 1. The smallest absolute Gasteiger partial charge is 0.408 e. The van der Waals surface area contributed by atoms with Crippen molar-refractivity contribution >= 4 is 18.0 Å². The molecule has 0 aromatic rings. The Morgan fingerprint density at radius 1 is 1.47 bits per heavy atom. The van der Waals surface area contributed by atoms with Crippen molar-refractivity contribution in [2.24, 2.45) is 0 Å². The van der Waals surface area contributed by atoms with Gasteiger partial charge in [0, 0.05) is 6.54 Å². The Morgan fingerprint density at radius 3 is 2.53 bits per heavy atom. The zero-order valence-corrected chi connectivity index (χ0v) is 11.6. The fourth-order valence-corrected chi connectivity index (χ4v) is 1.80. The van der Waals surface area contributed by atoms with Crippen LogP contribution in [0.1, 0.15) is 34.1 Å². The van der Waals surface area contributed by atoms with E-state index < -0.39 is 29.7 Å². The molecule has 2 N–H and O–H groups in total. The highest BCUT2D eigenvalue weighted by Gasteiger charge is 2.38. The summed E-state index contributed by atoms with van der Waals surface area (Å²) in [6.45, 7) is 6.93. The first-order valence-electron chi connectivity index (χ1n) is 6.14. The highest BCUT2D eigenvalue weighted by Crippen LogP contribution is 2.15. The number of alkyl carbamates (subject to hydrolysis) is 1. The molecular weight excluding hydrogens is 252 g/mol. The summed E-state index contributed by atoms with van der Waals surface area (Å²) in [7, 11) is 0. The Balaban J connectivity index is 2.57. The lowest BCUT2D eigenvalue weighted by Crippen LogP contribution is -2.47. The molecule has 7 nitrogen and oxygen atoms in total. The molecule has 2 amide bonds. The Bertz CT molecular complexity index is 388. The van der Waals surface area contributed by atoms with Gasteiger partial charge in [0.2, 0.25) is 5.91 Å². The summed E-state index contributed by atoms with van der Waals surface area (Å²) in [4.78, 5) is 35.6. The maximum Gasteiger partial charge on any atom is 0.408 e. The molecule has 108 valence electrons. The molecule has 2 unspecified atom stereocenters. The summed E-state index contributed by atoms with van der Waals surface area (Å²) >= 11 is 0. The van der Waals surface area contributed by atoms with Gasteiger partial charge in [-0.05, 0) is 34.1 Å². The zero-order chi connectivity index (χ0) is 14.8. The van der Waals surface area contributed by atoms with Crippen LogP contribution in [-0.4, -0.2) is 52.2 Å². The monoisotopic (exact) mass is 272 g/mol. The van der Waals surface area contributed by atoms with Crippen molar-refractivity contribution in [2.75, 3.05) is 6.54 Å². The molecule has 1 saturated heterocycles. The molecule has 7 heteroatoms. The molecule has 1 fully saturated rings. The number of aliphatic carboxylic acids is 1. The van der Waals surface area contributed by atoms with Crippen molar-refractivity contribution in [3.05, 3.63) is 0 Å². The van der Waals surface area contributed by atoms with Gasteiger partial charge in [0.1, 0.15) is 17.7 Å². The van der Waals surface area contributed by atoms with Gasteiger partial charge in [0.15, 0.2) is 0 Å². The Labute approximate surface area is 111 Å². The molecular formula is C12H20N2O5. The van der Waals surface area contributed by atoms with E-state index in [9.17, 15) is 14.4 Å². The molecule has 2 atom stereocenters. The van der Waals surface area contributed by atoms with Crippen molar-refractivity contribution < 1.29 is 24.2 Å². The summed E-state index contributed by atoms with van der Waals surface area (Å²) in [6, 6.07) is -1.60. The normalized spacial score (nSPS) is 21.2. The van der Waals surface area contributed by atoms with Gasteiger partial charge in [0.05, 0.1) is 0 Å². The summed E-state index contributed by atoms with van der Waals surface area (Å²) in [6.07, 6.45) is -0.286. The first kappa shape index (κ1) is 15.3. The molecule has 0 aliphatic carbocycles. The van der Waals surface area contributed by atoms with Crippen molar-refractivity contribution in [3.8, 4) is 0 Å². The van der Waals surface area contributed by atoms with Crippen LogP contribution in [0.4, 0.5) is 4.79 Å². The number of ether oxygens (including phenoxy) is 1. The van der Waals surface area contributed by atoms with Crippen molar-refractivity contribution in [3.63, 3.8) is 0 Å². The van der Waals surface area contributed by atoms with Crippen LogP contribution in [0.3, 0.4) is 0 Å². The average molecular weight is 272 g/mol. The molecule has 1 aliphatic rings. The highest BCUT2D eigenvalue weighted by molar-refractivity contribution is 5.90. The van der Waals surface area contributed by atoms with Crippen LogP contribution in [0, 0.1) is 0 Å². The number of hydrogen-bond donors (Lipinski definition) is 2.